The molecule has 1 aromatic carbocycles. The van der Waals surface area contributed by atoms with Gasteiger partial charge in [-0.05, 0) is 38.5 Å². The van der Waals surface area contributed by atoms with Crippen LogP contribution in [0, 0.1) is 11.8 Å². The lowest BCUT2D eigenvalue weighted by Gasteiger charge is -2.22. The first-order valence-electron chi connectivity index (χ1n) is 11.0. The first-order chi connectivity index (χ1) is 14.9. The summed E-state index contributed by atoms with van der Waals surface area (Å²) >= 11 is 0. The maximum Gasteiger partial charge on any atom is 0.340 e. The van der Waals surface area contributed by atoms with Gasteiger partial charge in [-0.15, -0.1) is 0 Å². The molecule has 0 radical (unpaired) electrons. The van der Waals surface area contributed by atoms with Crippen molar-refractivity contribution in [3.8, 4) is 11.5 Å². The molecule has 8 nitrogen and oxygen atoms in total. The van der Waals surface area contributed by atoms with E-state index in [0.717, 1.165) is 44.9 Å². The fourth-order valence-electron chi connectivity index (χ4n) is 3.97. The largest absolute Gasteiger partial charge is 0.493 e. The van der Waals surface area contributed by atoms with Crippen LogP contribution >= 0.6 is 0 Å². The molecule has 2 fully saturated rings. The summed E-state index contributed by atoms with van der Waals surface area (Å²) in [5.74, 6) is -0.0504. The maximum atomic E-state index is 12.8. The first-order valence-corrected chi connectivity index (χ1v) is 11.0. The molecular weight excluding hydrogens is 400 g/mol. The summed E-state index contributed by atoms with van der Waals surface area (Å²) in [5.41, 5.74) is 0.398. The number of rotatable bonds is 9. The van der Waals surface area contributed by atoms with Crippen LogP contribution in [0.2, 0.25) is 0 Å². The molecule has 31 heavy (non-hydrogen) atoms. The lowest BCUT2D eigenvalue weighted by Crippen LogP contribution is -2.37. The van der Waals surface area contributed by atoms with Crippen LogP contribution in [-0.4, -0.2) is 44.7 Å². The van der Waals surface area contributed by atoms with Crippen LogP contribution in [0.15, 0.2) is 12.1 Å². The fraction of sp³-hybridized carbons (Fsp3) is 0.609. The lowest BCUT2D eigenvalue weighted by molar-refractivity contribution is -0.125. The van der Waals surface area contributed by atoms with Gasteiger partial charge in [-0.25, -0.2) is 4.79 Å². The molecule has 0 heterocycles. The number of amides is 2. The van der Waals surface area contributed by atoms with E-state index >= 15 is 0 Å². The van der Waals surface area contributed by atoms with Crippen LogP contribution in [0.25, 0.3) is 0 Å². The van der Waals surface area contributed by atoms with Gasteiger partial charge in [-0.3, -0.25) is 9.59 Å². The van der Waals surface area contributed by atoms with E-state index in [1.807, 2.05) is 6.92 Å². The Morgan fingerprint density at radius 2 is 1.65 bits per heavy atom. The number of nitrogens with one attached hydrogen (secondary N) is 2. The summed E-state index contributed by atoms with van der Waals surface area (Å²) in [6.07, 6.45) is 7.06. The van der Waals surface area contributed by atoms with E-state index in [1.165, 1.54) is 20.3 Å². The van der Waals surface area contributed by atoms with Crippen molar-refractivity contribution in [2.75, 3.05) is 26.1 Å². The third-order valence-electron chi connectivity index (χ3n) is 6.03. The number of methoxy groups -OCH3 is 2. The van der Waals surface area contributed by atoms with E-state index in [-0.39, 0.29) is 41.6 Å². The standard InChI is InChI=1S/C23H32N2O6/c1-14(15-9-10-15)24-21(26)13-31-23(28)17-11-19(29-2)20(30-3)12-18(17)25-22(27)16-7-5-4-6-8-16/h11-12,14-16H,4-10,13H2,1-3H3,(H,24,26)(H,25,27). The lowest BCUT2D eigenvalue weighted by atomic mass is 9.88. The van der Waals surface area contributed by atoms with Gasteiger partial charge >= 0.3 is 5.97 Å². The van der Waals surface area contributed by atoms with Crippen molar-refractivity contribution in [3.05, 3.63) is 17.7 Å². The Labute approximate surface area is 183 Å². The molecule has 0 bridgehead atoms. The zero-order valence-corrected chi connectivity index (χ0v) is 18.5. The van der Waals surface area contributed by atoms with Crippen LogP contribution in [0.3, 0.4) is 0 Å². The highest BCUT2D eigenvalue weighted by Gasteiger charge is 2.29. The minimum atomic E-state index is -0.714. The molecule has 2 N–H and O–H groups in total. The summed E-state index contributed by atoms with van der Waals surface area (Å²) in [5, 5.41) is 5.70. The summed E-state index contributed by atoms with van der Waals surface area (Å²) in [4.78, 5) is 37.6. The molecule has 2 saturated carbocycles. The van der Waals surface area contributed by atoms with Crippen molar-refractivity contribution in [2.24, 2.45) is 11.8 Å². The predicted molar refractivity (Wildman–Crippen MR) is 115 cm³/mol. The van der Waals surface area contributed by atoms with Crippen molar-refractivity contribution in [3.63, 3.8) is 0 Å². The highest BCUT2D eigenvalue weighted by molar-refractivity contribution is 6.03. The second-order valence-corrected chi connectivity index (χ2v) is 8.35. The number of benzene rings is 1. The molecule has 1 atom stereocenters. The van der Waals surface area contributed by atoms with Crippen molar-refractivity contribution < 1.29 is 28.6 Å². The quantitative estimate of drug-likeness (QED) is 0.581. The minimum Gasteiger partial charge on any atom is -0.493 e. The molecule has 2 aliphatic rings. The summed E-state index contributed by atoms with van der Waals surface area (Å²) in [7, 11) is 2.94. The van der Waals surface area contributed by atoms with Crippen LogP contribution < -0.4 is 20.1 Å². The zero-order chi connectivity index (χ0) is 22.4. The molecule has 1 unspecified atom stereocenters. The van der Waals surface area contributed by atoms with Crippen molar-refractivity contribution >= 4 is 23.5 Å². The smallest absolute Gasteiger partial charge is 0.340 e. The normalized spacial score (nSPS) is 17.4. The Morgan fingerprint density at radius 1 is 1.00 bits per heavy atom. The predicted octanol–water partition coefficient (Wildman–Crippen LogP) is 3.29. The molecule has 0 aromatic heterocycles. The van der Waals surface area contributed by atoms with E-state index in [0.29, 0.717) is 17.4 Å². The summed E-state index contributed by atoms with van der Waals surface area (Å²) in [6, 6.07) is 3.07. The molecule has 2 amide bonds. The van der Waals surface area contributed by atoms with E-state index in [4.69, 9.17) is 14.2 Å². The fourth-order valence-corrected chi connectivity index (χ4v) is 3.97. The number of anilines is 1. The first kappa shape index (κ1) is 22.9. The van der Waals surface area contributed by atoms with E-state index in [2.05, 4.69) is 10.6 Å². The minimum absolute atomic E-state index is 0.0672. The Kier molecular flexibility index (Phi) is 7.76. The topological polar surface area (TPSA) is 103 Å². The summed E-state index contributed by atoms with van der Waals surface area (Å²) in [6.45, 7) is 1.56. The molecule has 2 aliphatic carbocycles. The number of carbonyl (C=O) groups excluding carboxylic acids is 3. The van der Waals surface area contributed by atoms with Gasteiger partial charge in [-0.2, -0.15) is 0 Å². The molecular formula is C23H32N2O6. The SMILES string of the molecule is COc1cc(NC(=O)C2CCCCC2)c(C(=O)OCC(=O)NC(C)C2CC2)cc1OC. The molecule has 0 saturated heterocycles. The second-order valence-electron chi connectivity index (χ2n) is 8.35. The average Bonchev–Trinajstić information content (AvgIpc) is 3.63. The van der Waals surface area contributed by atoms with Crippen molar-refractivity contribution in [1.82, 2.24) is 5.32 Å². The van der Waals surface area contributed by atoms with E-state index in [9.17, 15) is 14.4 Å². The average molecular weight is 433 g/mol. The highest BCUT2D eigenvalue weighted by Crippen LogP contribution is 2.35. The third-order valence-corrected chi connectivity index (χ3v) is 6.03. The van der Waals surface area contributed by atoms with E-state index in [1.54, 1.807) is 6.07 Å². The van der Waals surface area contributed by atoms with Gasteiger partial charge in [0.2, 0.25) is 5.91 Å². The number of carbonyl (C=O) groups is 3. The molecule has 1 aromatic rings. The number of ether oxygens (including phenoxy) is 3. The number of hydrogen-bond acceptors (Lipinski definition) is 6. The summed E-state index contributed by atoms with van der Waals surface area (Å²) < 4.78 is 15.8. The van der Waals surface area contributed by atoms with Crippen LogP contribution in [0.1, 0.15) is 62.2 Å². The Bertz CT molecular complexity index is 815. The maximum absolute atomic E-state index is 12.8. The zero-order valence-electron chi connectivity index (χ0n) is 18.5. The molecule has 0 aliphatic heterocycles. The monoisotopic (exact) mass is 432 g/mol. The van der Waals surface area contributed by atoms with Crippen molar-refractivity contribution in [1.29, 1.82) is 0 Å². The van der Waals surface area contributed by atoms with Gasteiger partial charge in [0.05, 0.1) is 25.5 Å². The number of hydrogen-bond donors (Lipinski definition) is 2. The number of esters is 1. The molecule has 0 spiro atoms. The molecule has 8 heteroatoms. The second kappa shape index (κ2) is 10.5. The van der Waals surface area contributed by atoms with Gasteiger partial charge in [0, 0.05) is 24.1 Å². The van der Waals surface area contributed by atoms with Gasteiger partial charge < -0.3 is 24.8 Å². The Morgan fingerprint density at radius 3 is 2.26 bits per heavy atom. The Hall–Kier alpha value is -2.77. The van der Waals surface area contributed by atoms with E-state index < -0.39 is 5.97 Å². The molecule has 170 valence electrons. The molecule has 3 rings (SSSR count). The van der Waals surface area contributed by atoms with Gasteiger partial charge in [0.15, 0.2) is 18.1 Å². The highest BCUT2D eigenvalue weighted by atomic mass is 16.5. The van der Waals surface area contributed by atoms with Crippen LogP contribution in [0.4, 0.5) is 5.69 Å². The van der Waals surface area contributed by atoms with Crippen molar-refractivity contribution in [2.45, 2.75) is 57.9 Å². The third kappa shape index (κ3) is 6.12. The Balaban J connectivity index is 1.71. The van der Waals surface area contributed by atoms with Crippen LogP contribution in [-0.2, 0) is 14.3 Å². The van der Waals surface area contributed by atoms with Gasteiger partial charge in [-0.1, -0.05) is 19.3 Å². The van der Waals surface area contributed by atoms with Gasteiger partial charge in [0.1, 0.15) is 0 Å². The van der Waals surface area contributed by atoms with Gasteiger partial charge in [0.25, 0.3) is 5.91 Å². The van der Waals surface area contributed by atoms with Crippen LogP contribution in [0.5, 0.6) is 11.5 Å².